The van der Waals surface area contributed by atoms with Crippen LogP contribution in [0.1, 0.15) is 14.4 Å². The van der Waals surface area contributed by atoms with Crippen LogP contribution in [0.25, 0.3) is 0 Å². The van der Waals surface area contributed by atoms with E-state index in [4.69, 9.17) is 0 Å². The van der Waals surface area contributed by atoms with E-state index >= 15 is 0 Å². The Morgan fingerprint density at radius 2 is 1.75 bits per heavy atom. The van der Waals surface area contributed by atoms with Gasteiger partial charge in [0.1, 0.15) is 0 Å². The third-order valence-corrected chi connectivity index (χ3v) is 1.62. The van der Waals surface area contributed by atoms with Gasteiger partial charge in [0.15, 0.2) is 0 Å². The number of carbonyl (C=O) groups is 1. The smallest absolute Gasteiger partial charge is 0.223 e. The maximum atomic E-state index is 10.9. The van der Waals surface area contributed by atoms with Crippen molar-refractivity contribution >= 4 is 11.6 Å². The first-order valence-corrected chi connectivity index (χ1v) is 3.51. The monoisotopic (exact) mass is 165 g/mol. The summed E-state index contributed by atoms with van der Waals surface area (Å²) in [6.07, 6.45) is 0. The normalized spacial score (nSPS) is 8.50. The molecule has 1 rings (SSSR count). The molecule has 0 fully saturated rings. The first-order chi connectivity index (χ1) is 5.22. The molecule has 12 heavy (non-hydrogen) atoms. The van der Waals surface area contributed by atoms with Crippen LogP contribution in [0.5, 0.6) is 0 Å². The van der Waals surface area contributed by atoms with Crippen LogP contribution in [0.4, 0.5) is 5.69 Å². The molecule has 2 heteroatoms. The minimum atomic E-state index is 0. The minimum absolute atomic E-state index is 0. The summed E-state index contributed by atoms with van der Waals surface area (Å²) >= 11 is 0. The largest absolute Gasteiger partial charge is 0.316 e. The molecule has 0 aromatic heterocycles. The molecule has 0 radical (unpaired) electrons. The number of carbonyl (C=O) groups excluding carboxylic acids is 1. The van der Waals surface area contributed by atoms with Gasteiger partial charge in [-0.05, 0) is 12.1 Å². The van der Waals surface area contributed by atoms with Gasteiger partial charge in [-0.15, -0.1) is 0 Å². The number of hydrogen-bond acceptors (Lipinski definition) is 1. The Hall–Kier alpha value is -1.31. The number of amides is 1. The van der Waals surface area contributed by atoms with Crippen LogP contribution in [0.15, 0.2) is 30.3 Å². The maximum absolute atomic E-state index is 10.9. The number of rotatable bonds is 1. The van der Waals surface area contributed by atoms with E-state index in [9.17, 15) is 4.79 Å². The van der Waals surface area contributed by atoms with Crippen molar-refractivity contribution in [2.24, 2.45) is 0 Å². The number of nitrogens with zero attached hydrogens (tertiary/aromatic N) is 1. The molecule has 0 heterocycles. The average Bonchev–Trinajstić information content (AvgIpc) is 2.05. The molecular formula is C10H15NO. The Morgan fingerprint density at radius 1 is 1.25 bits per heavy atom. The predicted molar refractivity (Wildman–Crippen MR) is 52.3 cm³/mol. The molecule has 1 aromatic rings. The Morgan fingerprint density at radius 3 is 2.17 bits per heavy atom. The molecule has 0 saturated heterocycles. The summed E-state index contributed by atoms with van der Waals surface area (Å²) < 4.78 is 0. The molecule has 0 aliphatic rings. The molecule has 0 saturated carbocycles. The van der Waals surface area contributed by atoms with E-state index in [1.54, 1.807) is 18.9 Å². The first kappa shape index (κ1) is 10.7. The van der Waals surface area contributed by atoms with E-state index in [0.29, 0.717) is 0 Å². The quantitative estimate of drug-likeness (QED) is 0.625. The average molecular weight is 165 g/mol. The van der Waals surface area contributed by atoms with Crippen molar-refractivity contribution < 1.29 is 4.79 Å². The van der Waals surface area contributed by atoms with Crippen LogP contribution in [0.2, 0.25) is 0 Å². The van der Waals surface area contributed by atoms with Crippen molar-refractivity contribution in [3.63, 3.8) is 0 Å². The van der Waals surface area contributed by atoms with Gasteiger partial charge in [-0.2, -0.15) is 0 Å². The highest BCUT2D eigenvalue weighted by atomic mass is 16.2. The molecule has 0 aliphatic carbocycles. The van der Waals surface area contributed by atoms with Crippen LogP contribution >= 0.6 is 0 Å². The lowest BCUT2D eigenvalue weighted by Gasteiger charge is -2.13. The van der Waals surface area contributed by atoms with Gasteiger partial charge in [-0.3, -0.25) is 4.79 Å². The second-order valence-corrected chi connectivity index (χ2v) is 2.41. The molecule has 1 amide bonds. The number of para-hydroxylation sites is 1. The summed E-state index contributed by atoms with van der Waals surface area (Å²) in [5.74, 6) is 0.0520. The van der Waals surface area contributed by atoms with Gasteiger partial charge in [-0.1, -0.05) is 25.6 Å². The van der Waals surface area contributed by atoms with Gasteiger partial charge in [-0.25, -0.2) is 0 Å². The number of anilines is 1. The molecule has 0 aliphatic heterocycles. The summed E-state index contributed by atoms with van der Waals surface area (Å²) in [5.41, 5.74) is 0.931. The van der Waals surface area contributed by atoms with Gasteiger partial charge in [0.2, 0.25) is 5.91 Å². The molecule has 0 bridgehead atoms. The SMILES string of the molecule is C.CC(=O)N(C)c1ccccc1. The molecular weight excluding hydrogens is 150 g/mol. The van der Waals surface area contributed by atoms with E-state index in [1.165, 1.54) is 0 Å². The molecule has 0 N–H and O–H groups in total. The van der Waals surface area contributed by atoms with Crippen LogP contribution in [0.3, 0.4) is 0 Å². The fourth-order valence-electron chi connectivity index (χ4n) is 0.833. The fourth-order valence-corrected chi connectivity index (χ4v) is 0.833. The molecule has 1 aromatic carbocycles. The van der Waals surface area contributed by atoms with Gasteiger partial charge in [0.25, 0.3) is 0 Å². The molecule has 0 spiro atoms. The van der Waals surface area contributed by atoms with E-state index in [-0.39, 0.29) is 13.3 Å². The van der Waals surface area contributed by atoms with E-state index in [1.807, 2.05) is 30.3 Å². The topological polar surface area (TPSA) is 20.3 Å². The highest BCUT2D eigenvalue weighted by Gasteiger charge is 2.02. The summed E-state index contributed by atoms with van der Waals surface area (Å²) in [4.78, 5) is 12.5. The summed E-state index contributed by atoms with van der Waals surface area (Å²) in [5, 5.41) is 0. The number of hydrogen-bond donors (Lipinski definition) is 0. The first-order valence-electron chi connectivity index (χ1n) is 3.51. The third kappa shape index (κ3) is 2.38. The van der Waals surface area contributed by atoms with Crippen LogP contribution in [0, 0.1) is 0 Å². The van der Waals surface area contributed by atoms with Crippen molar-refractivity contribution in [1.82, 2.24) is 0 Å². The van der Waals surface area contributed by atoms with Crippen molar-refractivity contribution in [1.29, 1.82) is 0 Å². The number of benzene rings is 1. The lowest BCUT2D eigenvalue weighted by atomic mass is 10.3. The molecule has 2 nitrogen and oxygen atoms in total. The van der Waals surface area contributed by atoms with Gasteiger partial charge < -0.3 is 4.90 Å². The van der Waals surface area contributed by atoms with E-state index < -0.39 is 0 Å². The zero-order valence-electron chi connectivity index (χ0n) is 6.74. The minimum Gasteiger partial charge on any atom is -0.316 e. The van der Waals surface area contributed by atoms with E-state index in [2.05, 4.69) is 0 Å². The summed E-state index contributed by atoms with van der Waals surface area (Å²) in [6, 6.07) is 9.56. The Bertz CT molecular complexity index is 243. The standard InChI is InChI=1S/C9H11NO.CH4/c1-8(11)10(2)9-6-4-3-5-7-9;/h3-7H,1-2H3;1H4. The zero-order valence-corrected chi connectivity index (χ0v) is 6.74. The second-order valence-electron chi connectivity index (χ2n) is 2.41. The molecule has 0 unspecified atom stereocenters. The molecule has 0 atom stereocenters. The van der Waals surface area contributed by atoms with Gasteiger partial charge in [0, 0.05) is 19.7 Å². The Labute approximate surface area is 73.8 Å². The van der Waals surface area contributed by atoms with Crippen molar-refractivity contribution in [2.45, 2.75) is 14.4 Å². The van der Waals surface area contributed by atoms with Gasteiger partial charge >= 0.3 is 0 Å². The Balaban J connectivity index is 0.00000121. The van der Waals surface area contributed by atoms with Gasteiger partial charge in [0.05, 0.1) is 0 Å². The highest BCUT2D eigenvalue weighted by molar-refractivity contribution is 5.90. The van der Waals surface area contributed by atoms with Crippen molar-refractivity contribution in [2.75, 3.05) is 11.9 Å². The second kappa shape index (κ2) is 4.54. The molecule has 66 valence electrons. The van der Waals surface area contributed by atoms with Crippen LogP contribution in [-0.2, 0) is 4.79 Å². The van der Waals surface area contributed by atoms with Crippen LogP contribution in [-0.4, -0.2) is 13.0 Å². The van der Waals surface area contributed by atoms with Crippen molar-refractivity contribution in [3.8, 4) is 0 Å². The highest BCUT2D eigenvalue weighted by Crippen LogP contribution is 2.10. The zero-order chi connectivity index (χ0) is 8.27. The Kier molecular flexibility index (Phi) is 4.05. The van der Waals surface area contributed by atoms with Crippen LogP contribution < -0.4 is 4.90 Å². The van der Waals surface area contributed by atoms with E-state index in [0.717, 1.165) is 5.69 Å². The lowest BCUT2D eigenvalue weighted by molar-refractivity contribution is -0.116. The van der Waals surface area contributed by atoms with Crippen molar-refractivity contribution in [3.05, 3.63) is 30.3 Å². The summed E-state index contributed by atoms with van der Waals surface area (Å²) in [6.45, 7) is 1.55. The predicted octanol–water partition coefficient (Wildman–Crippen LogP) is 2.31. The lowest BCUT2D eigenvalue weighted by Crippen LogP contribution is -2.22. The summed E-state index contributed by atoms with van der Waals surface area (Å²) in [7, 11) is 1.76. The fraction of sp³-hybridized carbons (Fsp3) is 0.300. The maximum Gasteiger partial charge on any atom is 0.223 e. The third-order valence-electron chi connectivity index (χ3n) is 1.62.